The molecule has 15 heavy (non-hydrogen) atoms. The third-order valence-electron chi connectivity index (χ3n) is 2.33. The molecule has 0 bridgehead atoms. The summed E-state index contributed by atoms with van der Waals surface area (Å²) in [5.41, 5.74) is 7.89. The van der Waals surface area contributed by atoms with E-state index >= 15 is 0 Å². The lowest BCUT2D eigenvalue weighted by molar-refractivity contribution is 0.407. The third kappa shape index (κ3) is 2.83. The molecule has 0 radical (unpaired) electrons. The van der Waals surface area contributed by atoms with Gasteiger partial charge in [0.2, 0.25) is 0 Å². The first-order valence-corrected chi connectivity index (χ1v) is 5.24. The maximum atomic E-state index is 5.46. The molecular formula is C13H19NO. The fourth-order valence-corrected chi connectivity index (χ4v) is 1.70. The molecule has 0 aliphatic heterocycles. The average molecular weight is 205 g/mol. The van der Waals surface area contributed by atoms with Gasteiger partial charge in [0, 0.05) is 12.1 Å². The lowest BCUT2D eigenvalue weighted by Crippen LogP contribution is -1.98. The number of rotatable bonds is 4. The molecule has 2 nitrogen and oxygen atoms in total. The first-order valence-electron chi connectivity index (χ1n) is 5.24. The van der Waals surface area contributed by atoms with Crippen molar-refractivity contribution in [3.05, 3.63) is 35.4 Å². The van der Waals surface area contributed by atoms with Crippen molar-refractivity contribution >= 4 is 6.08 Å². The molecule has 82 valence electrons. The number of ether oxygens (including phenoxy) is 1. The van der Waals surface area contributed by atoms with E-state index in [0.717, 1.165) is 5.75 Å². The van der Waals surface area contributed by atoms with Crippen LogP contribution in [0.4, 0.5) is 0 Å². The highest BCUT2D eigenvalue weighted by Gasteiger charge is 2.10. The van der Waals surface area contributed by atoms with Crippen LogP contribution >= 0.6 is 0 Å². The van der Waals surface area contributed by atoms with Crippen LogP contribution in [0.5, 0.6) is 5.75 Å². The van der Waals surface area contributed by atoms with Crippen molar-refractivity contribution in [2.24, 2.45) is 5.73 Å². The summed E-state index contributed by atoms with van der Waals surface area (Å²) >= 11 is 0. The Labute approximate surface area is 91.7 Å². The Morgan fingerprint density at radius 1 is 1.40 bits per heavy atom. The van der Waals surface area contributed by atoms with Crippen molar-refractivity contribution in [2.75, 3.05) is 13.7 Å². The first kappa shape index (κ1) is 11.8. The van der Waals surface area contributed by atoms with Gasteiger partial charge in [0.1, 0.15) is 5.75 Å². The Morgan fingerprint density at radius 3 is 2.67 bits per heavy atom. The predicted octanol–water partition coefficient (Wildman–Crippen LogP) is 2.79. The van der Waals surface area contributed by atoms with Gasteiger partial charge in [0.05, 0.1) is 7.11 Å². The summed E-state index contributed by atoms with van der Waals surface area (Å²) < 4.78 is 5.36. The zero-order chi connectivity index (χ0) is 11.3. The molecule has 0 saturated heterocycles. The molecule has 0 fully saturated rings. The average Bonchev–Trinajstić information content (AvgIpc) is 2.25. The Hall–Kier alpha value is -1.28. The molecule has 2 heteroatoms. The minimum Gasteiger partial charge on any atom is -0.496 e. The van der Waals surface area contributed by atoms with Crippen LogP contribution in [0.3, 0.4) is 0 Å². The Bertz CT molecular complexity index is 342. The molecule has 0 heterocycles. The van der Waals surface area contributed by atoms with Gasteiger partial charge in [-0.1, -0.05) is 38.1 Å². The van der Waals surface area contributed by atoms with Crippen LogP contribution in [-0.4, -0.2) is 13.7 Å². The minimum atomic E-state index is 0.443. The third-order valence-corrected chi connectivity index (χ3v) is 2.33. The van der Waals surface area contributed by atoms with Gasteiger partial charge in [-0.3, -0.25) is 0 Å². The molecule has 1 aromatic rings. The summed E-state index contributed by atoms with van der Waals surface area (Å²) in [4.78, 5) is 0. The summed E-state index contributed by atoms with van der Waals surface area (Å²) in [6, 6.07) is 6.08. The molecule has 0 aliphatic rings. The van der Waals surface area contributed by atoms with E-state index in [1.807, 2.05) is 18.2 Å². The lowest BCUT2D eigenvalue weighted by Gasteiger charge is -2.14. The van der Waals surface area contributed by atoms with Gasteiger partial charge in [-0.15, -0.1) is 0 Å². The molecule has 1 rings (SSSR count). The molecule has 0 saturated carbocycles. The Kier molecular flexibility index (Phi) is 4.37. The first-order chi connectivity index (χ1) is 7.20. The van der Waals surface area contributed by atoms with Crippen LogP contribution in [0.1, 0.15) is 30.9 Å². The Balaban J connectivity index is 3.19. The second-order valence-corrected chi connectivity index (χ2v) is 3.76. The quantitative estimate of drug-likeness (QED) is 0.820. The van der Waals surface area contributed by atoms with E-state index < -0.39 is 0 Å². The highest BCUT2D eigenvalue weighted by molar-refractivity contribution is 5.59. The molecule has 0 amide bonds. The van der Waals surface area contributed by atoms with E-state index in [1.165, 1.54) is 11.1 Å². The van der Waals surface area contributed by atoms with Crippen molar-refractivity contribution in [3.63, 3.8) is 0 Å². The number of hydrogen-bond acceptors (Lipinski definition) is 2. The van der Waals surface area contributed by atoms with Crippen molar-refractivity contribution < 1.29 is 4.74 Å². The molecule has 0 aromatic heterocycles. The summed E-state index contributed by atoms with van der Waals surface area (Å²) in [7, 11) is 1.71. The topological polar surface area (TPSA) is 35.2 Å². The molecular weight excluding hydrogens is 186 g/mol. The summed E-state index contributed by atoms with van der Waals surface area (Å²) in [5.74, 6) is 1.39. The van der Waals surface area contributed by atoms with E-state index in [-0.39, 0.29) is 0 Å². The van der Waals surface area contributed by atoms with Crippen LogP contribution in [-0.2, 0) is 0 Å². The summed E-state index contributed by atoms with van der Waals surface area (Å²) in [6.45, 7) is 4.89. The Morgan fingerprint density at radius 2 is 2.13 bits per heavy atom. The second-order valence-electron chi connectivity index (χ2n) is 3.76. The fourth-order valence-electron chi connectivity index (χ4n) is 1.70. The van der Waals surface area contributed by atoms with E-state index in [2.05, 4.69) is 26.0 Å². The lowest BCUT2D eigenvalue weighted by atomic mass is 9.96. The number of benzene rings is 1. The SMILES string of the molecule is COc1cccc(/C=C/CN)c1C(C)C. The van der Waals surface area contributed by atoms with Gasteiger partial charge >= 0.3 is 0 Å². The van der Waals surface area contributed by atoms with Gasteiger partial charge in [0.15, 0.2) is 0 Å². The van der Waals surface area contributed by atoms with Gasteiger partial charge in [-0.2, -0.15) is 0 Å². The monoisotopic (exact) mass is 205 g/mol. The number of methoxy groups -OCH3 is 1. The maximum Gasteiger partial charge on any atom is 0.122 e. The smallest absolute Gasteiger partial charge is 0.122 e. The second kappa shape index (κ2) is 5.56. The standard InChI is InChI=1S/C13H19NO/c1-10(2)13-11(7-5-9-14)6-4-8-12(13)15-3/h4-8,10H,9,14H2,1-3H3/b7-5+. The molecule has 0 spiro atoms. The minimum absolute atomic E-state index is 0.443. The van der Waals surface area contributed by atoms with Crippen LogP contribution in [0.2, 0.25) is 0 Å². The molecule has 0 atom stereocenters. The van der Waals surface area contributed by atoms with Gasteiger partial charge in [-0.25, -0.2) is 0 Å². The van der Waals surface area contributed by atoms with Crippen LogP contribution in [0.15, 0.2) is 24.3 Å². The van der Waals surface area contributed by atoms with Crippen LogP contribution < -0.4 is 10.5 Å². The van der Waals surface area contributed by atoms with Crippen molar-refractivity contribution in [2.45, 2.75) is 19.8 Å². The number of hydrogen-bond donors (Lipinski definition) is 1. The molecule has 2 N–H and O–H groups in total. The van der Waals surface area contributed by atoms with Crippen LogP contribution in [0, 0.1) is 0 Å². The van der Waals surface area contributed by atoms with Gasteiger partial charge in [-0.05, 0) is 17.5 Å². The largest absolute Gasteiger partial charge is 0.496 e. The predicted molar refractivity (Wildman–Crippen MR) is 65.2 cm³/mol. The maximum absolute atomic E-state index is 5.46. The van der Waals surface area contributed by atoms with Gasteiger partial charge < -0.3 is 10.5 Å². The van der Waals surface area contributed by atoms with Gasteiger partial charge in [0.25, 0.3) is 0 Å². The van der Waals surface area contributed by atoms with Crippen LogP contribution in [0.25, 0.3) is 6.08 Å². The zero-order valence-corrected chi connectivity index (χ0v) is 9.66. The van der Waals surface area contributed by atoms with E-state index in [0.29, 0.717) is 12.5 Å². The van der Waals surface area contributed by atoms with Crippen molar-refractivity contribution in [1.29, 1.82) is 0 Å². The van der Waals surface area contributed by atoms with Crippen molar-refractivity contribution in [3.8, 4) is 5.75 Å². The van der Waals surface area contributed by atoms with Crippen molar-refractivity contribution in [1.82, 2.24) is 0 Å². The van der Waals surface area contributed by atoms with E-state index in [9.17, 15) is 0 Å². The van der Waals surface area contributed by atoms with E-state index in [4.69, 9.17) is 10.5 Å². The summed E-state index contributed by atoms with van der Waals surface area (Å²) in [5, 5.41) is 0. The normalized spacial score (nSPS) is 11.3. The molecule has 1 aromatic carbocycles. The molecule has 0 unspecified atom stereocenters. The number of nitrogens with two attached hydrogens (primary N) is 1. The zero-order valence-electron chi connectivity index (χ0n) is 9.66. The molecule has 0 aliphatic carbocycles. The fraction of sp³-hybridized carbons (Fsp3) is 0.385. The highest BCUT2D eigenvalue weighted by atomic mass is 16.5. The summed E-state index contributed by atoms with van der Waals surface area (Å²) in [6.07, 6.45) is 4.01. The van der Waals surface area contributed by atoms with E-state index in [1.54, 1.807) is 7.11 Å². The highest BCUT2D eigenvalue weighted by Crippen LogP contribution is 2.30.